The first-order valence-electron chi connectivity index (χ1n) is 7.00. The van der Waals surface area contributed by atoms with Gasteiger partial charge in [-0.05, 0) is 59.8 Å². The van der Waals surface area contributed by atoms with Gasteiger partial charge in [-0.2, -0.15) is 0 Å². The Labute approximate surface area is 132 Å². The quantitative estimate of drug-likeness (QED) is 0.848. The highest BCUT2D eigenvalue weighted by Gasteiger charge is 2.28. The molecule has 0 spiro atoms. The molecule has 2 atom stereocenters. The Kier molecular flexibility index (Phi) is 4.88. The van der Waals surface area contributed by atoms with Gasteiger partial charge >= 0.3 is 12.0 Å². The summed E-state index contributed by atoms with van der Waals surface area (Å²) in [5, 5.41) is 11.8. The van der Waals surface area contributed by atoms with Crippen molar-refractivity contribution >= 4 is 33.6 Å². The normalized spacial score (nSPS) is 22.0. The van der Waals surface area contributed by atoms with Crippen LogP contribution in [0.25, 0.3) is 0 Å². The maximum Gasteiger partial charge on any atom is 0.335 e. The number of hydrogen-bond donors (Lipinski definition) is 2. The van der Waals surface area contributed by atoms with Crippen molar-refractivity contribution in [3.05, 3.63) is 28.2 Å². The minimum atomic E-state index is -0.993. The van der Waals surface area contributed by atoms with Crippen LogP contribution in [0.5, 0.6) is 0 Å². The van der Waals surface area contributed by atoms with Gasteiger partial charge in [-0.25, -0.2) is 9.59 Å². The van der Waals surface area contributed by atoms with Crippen LogP contribution >= 0.6 is 15.9 Å². The molecule has 1 aliphatic rings. The number of benzene rings is 1. The number of likely N-dealkylation sites (tertiary alicyclic amines) is 1. The third kappa shape index (κ3) is 3.56. The molecule has 0 aliphatic carbocycles. The van der Waals surface area contributed by atoms with Crippen LogP contribution in [0.15, 0.2) is 22.7 Å². The minimum Gasteiger partial charge on any atom is -0.478 e. The van der Waals surface area contributed by atoms with Gasteiger partial charge in [-0.15, -0.1) is 0 Å². The summed E-state index contributed by atoms with van der Waals surface area (Å²) in [6, 6.07) is 4.63. The summed E-state index contributed by atoms with van der Waals surface area (Å²) in [5.74, 6) is -0.505. The Bertz CT molecular complexity index is 562. The first-order chi connectivity index (χ1) is 9.90. The predicted octanol–water partition coefficient (Wildman–Crippen LogP) is 3.80. The van der Waals surface area contributed by atoms with Gasteiger partial charge in [-0.1, -0.05) is 6.92 Å². The summed E-state index contributed by atoms with van der Waals surface area (Å²) >= 11 is 3.30. The van der Waals surface area contributed by atoms with Gasteiger partial charge in [0.05, 0.1) is 11.3 Å². The van der Waals surface area contributed by atoms with Gasteiger partial charge in [-0.3, -0.25) is 0 Å². The summed E-state index contributed by atoms with van der Waals surface area (Å²) in [6.07, 6.45) is 2.15. The van der Waals surface area contributed by atoms with Crippen LogP contribution in [0.1, 0.15) is 37.0 Å². The second kappa shape index (κ2) is 6.47. The van der Waals surface area contributed by atoms with Crippen LogP contribution in [0.3, 0.4) is 0 Å². The molecule has 2 N–H and O–H groups in total. The van der Waals surface area contributed by atoms with Gasteiger partial charge in [0.25, 0.3) is 0 Å². The minimum absolute atomic E-state index is 0.141. The number of carboxylic acids is 1. The number of nitrogens with one attached hydrogen (secondary N) is 1. The fraction of sp³-hybridized carbons (Fsp3) is 0.467. The van der Waals surface area contributed by atoms with Crippen molar-refractivity contribution in [2.45, 2.75) is 32.7 Å². The zero-order valence-corrected chi connectivity index (χ0v) is 13.7. The fourth-order valence-corrected chi connectivity index (χ4v) is 3.04. The molecular weight excluding hydrogens is 336 g/mol. The van der Waals surface area contributed by atoms with Crippen LogP contribution in [0, 0.1) is 5.92 Å². The van der Waals surface area contributed by atoms with Crippen molar-refractivity contribution in [2.24, 2.45) is 5.92 Å². The molecule has 1 saturated heterocycles. The molecule has 5 nitrogen and oxygen atoms in total. The Morgan fingerprint density at radius 2 is 2.10 bits per heavy atom. The third-order valence-corrected chi connectivity index (χ3v) is 4.75. The second-order valence-electron chi connectivity index (χ2n) is 5.48. The van der Waals surface area contributed by atoms with Crippen molar-refractivity contribution in [1.29, 1.82) is 0 Å². The lowest BCUT2D eigenvalue weighted by molar-refractivity contribution is 0.0697. The number of anilines is 1. The van der Waals surface area contributed by atoms with Crippen molar-refractivity contribution < 1.29 is 14.7 Å². The zero-order chi connectivity index (χ0) is 15.6. The van der Waals surface area contributed by atoms with Gasteiger partial charge in [0.1, 0.15) is 0 Å². The monoisotopic (exact) mass is 354 g/mol. The summed E-state index contributed by atoms with van der Waals surface area (Å²) in [4.78, 5) is 25.1. The lowest BCUT2D eigenvalue weighted by Gasteiger charge is -2.37. The van der Waals surface area contributed by atoms with Gasteiger partial charge in [0.2, 0.25) is 0 Å². The van der Waals surface area contributed by atoms with Crippen molar-refractivity contribution in [3.8, 4) is 0 Å². The van der Waals surface area contributed by atoms with E-state index in [1.165, 1.54) is 12.1 Å². The van der Waals surface area contributed by atoms with Crippen LogP contribution in [-0.2, 0) is 0 Å². The van der Waals surface area contributed by atoms with Crippen molar-refractivity contribution in [2.75, 3.05) is 11.9 Å². The molecule has 114 valence electrons. The maximum absolute atomic E-state index is 12.4. The van der Waals surface area contributed by atoms with Crippen molar-refractivity contribution in [1.82, 2.24) is 4.90 Å². The highest BCUT2D eigenvalue weighted by molar-refractivity contribution is 9.10. The molecule has 2 rings (SSSR count). The van der Waals surface area contributed by atoms with Crippen LogP contribution in [0.2, 0.25) is 0 Å². The number of rotatable bonds is 2. The van der Waals surface area contributed by atoms with E-state index < -0.39 is 5.97 Å². The number of urea groups is 1. The van der Waals surface area contributed by atoms with E-state index in [0.717, 1.165) is 19.4 Å². The topological polar surface area (TPSA) is 69.6 Å². The third-order valence-electron chi connectivity index (χ3n) is 4.09. The summed E-state index contributed by atoms with van der Waals surface area (Å²) < 4.78 is 0.563. The number of carboxylic acid groups (broad SMARTS) is 1. The largest absolute Gasteiger partial charge is 0.478 e. The molecule has 0 aromatic heterocycles. The molecule has 0 saturated carbocycles. The molecule has 1 aliphatic heterocycles. The van der Waals surface area contributed by atoms with E-state index in [1.807, 2.05) is 4.90 Å². The van der Waals surface area contributed by atoms with Gasteiger partial charge < -0.3 is 15.3 Å². The first-order valence-corrected chi connectivity index (χ1v) is 7.80. The predicted molar refractivity (Wildman–Crippen MR) is 84.7 cm³/mol. The molecule has 21 heavy (non-hydrogen) atoms. The van der Waals surface area contributed by atoms with E-state index in [9.17, 15) is 9.59 Å². The molecular formula is C15H19BrN2O3. The lowest BCUT2D eigenvalue weighted by Crippen LogP contribution is -2.47. The lowest BCUT2D eigenvalue weighted by atomic mass is 9.92. The molecule has 6 heteroatoms. The molecule has 1 aromatic carbocycles. The van der Waals surface area contributed by atoms with Gasteiger partial charge in [0.15, 0.2) is 0 Å². The molecule has 1 aromatic rings. The average molecular weight is 355 g/mol. The fourth-order valence-electron chi connectivity index (χ4n) is 2.56. The highest BCUT2D eigenvalue weighted by atomic mass is 79.9. The van der Waals surface area contributed by atoms with Crippen LogP contribution in [-0.4, -0.2) is 34.6 Å². The average Bonchev–Trinajstić information content (AvgIpc) is 2.43. The number of aromatic carboxylic acids is 1. The van der Waals surface area contributed by atoms with Crippen LogP contribution in [0.4, 0.5) is 10.5 Å². The van der Waals surface area contributed by atoms with E-state index in [-0.39, 0.29) is 17.6 Å². The smallest absolute Gasteiger partial charge is 0.335 e. The number of carbonyl (C=O) groups excluding carboxylic acids is 1. The van der Waals surface area contributed by atoms with E-state index >= 15 is 0 Å². The number of amides is 2. The molecule has 1 heterocycles. The molecule has 2 unspecified atom stereocenters. The Morgan fingerprint density at radius 1 is 1.38 bits per heavy atom. The van der Waals surface area contributed by atoms with E-state index in [4.69, 9.17) is 5.11 Å². The van der Waals surface area contributed by atoms with E-state index in [2.05, 4.69) is 35.1 Å². The summed E-state index contributed by atoms with van der Waals surface area (Å²) in [6.45, 7) is 4.97. The summed E-state index contributed by atoms with van der Waals surface area (Å²) in [7, 11) is 0. The number of piperidine rings is 1. The SMILES string of the molecule is CC1CCCN(C(=O)Nc2ccc(C(=O)O)cc2Br)C1C. The van der Waals surface area contributed by atoms with E-state index in [1.54, 1.807) is 6.07 Å². The molecule has 2 amide bonds. The Hall–Kier alpha value is -1.56. The Balaban J connectivity index is 2.10. The zero-order valence-electron chi connectivity index (χ0n) is 12.1. The van der Waals surface area contributed by atoms with E-state index in [0.29, 0.717) is 16.1 Å². The molecule has 1 fully saturated rings. The molecule has 0 bridgehead atoms. The second-order valence-corrected chi connectivity index (χ2v) is 6.34. The Morgan fingerprint density at radius 3 is 2.71 bits per heavy atom. The highest BCUT2D eigenvalue weighted by Crippen LogP contribution is 2.27. The molecule has 0 radical (unpaired) electrons. The maximum atomic E-state index is 12.4. The standard InChI is InChI=1S/C15H19BrN2O3/c1-9-4-3-7-18(10(9)2)15(21)17-13-6-5-11(14(19)20)8-12(13)16/h5-6,8-10H,3-4,7H2,1-2H3,(H,17,21)(H,19,20). The number of nitrogens with zero attached hydrogens (tertiary/aromatic N) is 1. The first kappa shape index (κ1) is 15.8. The van der Waals surface area contributed by atoms with Gasteiger partial charge in [0, 0.05) is 17.1 Å². The number of hydrogen-bond acceptors (Lipinski definition) is 2. The number of carbonyl (C=O) groups is 2. The summed E-state index contributed by atoms with van der Waals surface area (Å²) in [5.41, 5.74) is 0.760. The van der Waals surface area contributed by atoms with Crippen LogP contribution < -0.4 is 5.32 Å². The number of halogens is 1. The van der Waals surface area contributed by atoms with Crippen molar-refractivity contribution in [3.63, 3.8) is 0 Å².